The second kappa shape index (κ2) is 9.26. The van der Waals surface area contributed by atoms with Gasteiger partial charge < -0.3 is 20.1 Å². The third-order valence-corrected chi connectivity index (χ3v) is 5.64. The second-order valence-corrected chi connectivity index (χ2v) is 9.44. The molecule has 1 heterocycles. The first-order valence-corrected chi connectivity index (χ1v) is 10.5. The van der Waals surface area contributed by atoms with Gasteiger partial charge in [-0.25, -0.2) is 0 Å². The number of ether oxygens (including phenoxy) is 2. The van der Waals surface area contributed by atoms with Gasteiger partial charge in [-0.1, -0.05) is 26.7 Å². The highest BCUT2D eigenvalue weighted by atomic mass is 16.6. The minimum atomic E-state index is -0.385. The Balaban J connectivity index is 1.56. The zero-order chi connectivity index (χ0) is 20.1. The summed E-state index contributed by atoms with van der Waals surface area (Å²) in [5, 5.41) is 7.02. The Bertz CT molecular complexity index is 525. The van der Waals surface area contributed by atoms with Gasteiger partial charge in [-0.05, 0) is 40.0 Å². The molecule has 0 aromatic heterocycles. The number of nitrogens with zero attached hydrogens (tertiary/aromatic N) is 1. The molecule has 3 atom stereocenters. The van der Waals surface area contributed by atoms with Gasteiger partial charge in [-0.3, -0.25) is 9.79 Å². The third kappa shape index (κ3) is 6.09. The Morgan fingerprint density at radius 2 is 1.93 bits per heavy atom. The molecule has 2 N–H and O–H groups in total. The lowest BCUT2D eigenvalue weighted by atomic mass is 9.57. The van der Waals surface area contributed by atoms with Crippen molar-refractivity contribution in [3.8, 4) is 0 Å². The molecule has 1 saturated heterocycles. The van der Waals surface area contributed by atoms with Gasteiger partial charge in [0.05, 0.1) is 6.10 Å². The highest BCUT2D eigenvalue weighted by Gasteiger charge is 2.59. The molecule has 6 nitrogen and oxygen atoms in total. The van der Waals surface area contributed by atoms with Crippen molar-refractivity contribution in [2.24, 2.45) is 16.3 Å². The number of carbonyl (C=O) groups is 1. The van der Waals surface area contributed by atoms with Crippen LogP contribution in [0.5, 0.6) is 0 Å². The van der Waals surface area contributed by atoms with Crippen LogP contribution in [0.1, 0.15) is 73.1 Å². The van der Waals surface area contributed by atoms with Crippen LogP contribution in [-0.2, 0) is 14.3 Å². The van der Waals surface area contributed by atoms with Crippen molar-refractivity contribution in [3.63, 3.8) is 0 Å². The zero-order valence-corrected chi connectivity index (χ0v) is 18.1. The lowest BCUT2D eigenvalue weighted by molar-refractivity contribution is -0.154. The van der Waals surface area contributed by atoms with Gasteiger partial charge in [0, 0.05) is 44.0 Å². The molecule has 0 radical (unpaired) electrons. The molecular weight excluding hydrogens is 342 g/mol. The van der Waals surface area contributed by atoms with E-state index in [0.29, 0.717) is 24.5 Å². The standard InChI is InChI=1S/C21H39N3O3/c1-20(2,3)27-16(25)11-9-7-8-10-13-23-19(22-6)24-17-15-12-14-26-18(15)21(17,4)5/h15,17-18H,7-14H2,1-6H3,(H2,22,23,24). The fraction of sp³-hybridized carbons (Fsp3) is 0.905. The average Bonchev–Trinajstić information content (AvgIpc) is 3.02. The van der Waals surface area contributed by atoms with Crippen LogP contribution in [0, 0.1) is 11.3 Å². The van der Waals surface area contributed by atoms with Crippen LogP contribution in [-0.4, -0.2) is 49.9 Å². The largest absolute Gasteiger partial charge is 0.460 e. The van der Waals surface area contributed by atoms with E-state index in [1.54, 1.807) is 0 Å². The van der Waals surface area contributed by atoms with Gasteiger partial charge in [0.1, 0.15) is 5.60 Å². The third-order valence-electron chi connectivity index (χ3n) is 5.64. The van der Waals surface area contributed by atoms with Gasteiger partial charge in [0.2, 0.25) is 0 Å². The van der Waals surface area contributed by atoms with Gasteiger partial charge in [0.25, 0.3) is 0 Å². The van der Waals surface area contributed by atoms with Crippen LogP contribution < -0.4 is 10.6 Å². The van der Waals surface area contributed by atoms with Crippen LogP contribution in [0.25, 0.3) is 0 Å². The molecule has 0 amide bonds. The van der Waals surface area contributed by atoms with E-state index < -0.39 is 0 Å². The summed E-state index contributed by atoms with van der Waals surface area (Å²) >= 11 is 0. The Hall–Kier alpha value is -1.30. The van der Waals surface area contributed by atoms with Gasteiger partial charge in [0.15, 0.2) is 5.96 Å². The van der Waals surface area contributed by atoms with Gasteiger partial charge >= 0.3 is 5.97 Å². The second-order valence-electron chi connectivity index (χ2n) is 9.44. The van der Waals surface area contributed by atoms with Gasteiger partial charge in [-0.15, -0.1) is 0 Å². The Morgan fingerprint density at radius 1 is 1.22 bits per heavy atom. The lowest BCUT2D eigenvalue weighted by Crippen LogP contribution is -2.67. The predicted molar refractivity (Wildman–Crippen MR) is 109 cm³/mol. The highest BCUT2D eigenvalue weighted by molar-refractivity contribution is 5.80. The predicted octanol–water partition coefficient (Wildman–Crippen LogP) is 3.26. The van der Waals surface area contributed by atoms with Crippen molar-refractivity contribution in [1.29, 1.82) is 0 Å². The van der Waals surface area contributed by atoms with Crippen molar-refractivity contribution in [1.82, 2.24) is 10.6 Å². The molecule has 0 spiro atoms. The summed E-state index contributed by atoms with van der Waals surface area (Å²) < 4.78 is 11.2. The fourth-order valence-electron chi connectivity index (χ4n) is 4.31. The molecule has 2 rings (SSSR count). The van der Waals surface area contributed by atoms with E-state index in [0.717, 1.165) is 51.2 Å². The van der Waals surface area contributed by atoms with Crippen LogP contribution in [0.15, 0.2) is 4.99 Å². The minimum Gasteiger partial charge on any atom is -0.460 e. The van der Waals surface area contributed by atoms with E-state index in [1.807, 2.05) is 27.8 Å². The van der Waals surface area contributed by atoms with E-state index in [2.05, 4.69) is 29.5 Å². The number of hydrogen-bond donors (Lipinski definition) is 2. The summed E-state index contributed by atoms with van der Waals surface area (Å²) in [4.78, 5) is 16.0. The molecule has 3 unspecified atom stereocenters. The minimum absolute atomic E-state index is 0.0949. The molecule has 156 valence electrons. The van der Waals surface area contributed by atoms with Crippen LogP contribution in [0.3, 0.4) is 0 Å². The smallest absolute Gasteiger partial charge is 0.306 e. The number of nitrogens with one attached hydrogen (secondary N) is 2. The first kappa shape index (κ1) is 22.0. The monoisotopic (exact) mass is 381 g/mol. The van der Waals surface area contributed by atoms with E-state index in [-0.39, 0.29) is 17.0 Å². The molecule has 1 saturated carbocycles. The number of hydrogen-bond acceptors (Lipinski definition) is 4. The Morgan fingerprint density at radius 3 is 2.59 bits per heavy atom. The lowest BCUT2D eigenvalue weighted by Gasteiger charge is -2.54. The molecule has 0 aromatic rings. The number of guanidine groups is 1. The van der Waals surface area contributed by atoms with Crippen LogP contribution in [0.2, 0.25) is 0 Å². The maximum Gasteiger partial charge on any atom is 0.306 e. The maximum absolute atomic E-state index is 11.7. The summed E-state index contributed by atoms with van der Waals surface area (Å²) in [6, 6.07) is 0.421. The summed E-state index contributed by atoms with van der Waals surface area (Å²) in [5.74, 6) is 1.39. The summed E-state index contributed by atoms with van der Waals surface area (Å²) in [6.07, 6.45) is 6.14. The Labute approximate surface area is 164 Å². The number of carbonyl (C=O) groups excluding carboxylic acids is 1. The Kier molecular flexibility index (Phi) is 7.55. The number of fused-ring (bicyclic) bond motifs is 1. The van der Waals surface area contributed by atoms with Crippen LogP contribution >= 0.6 is 0 Å². The van der Waals surface area contributed by atoms with E-state index in [4.69, 9.17) is 9.47 Å². The number of unbranched alkanes of at least 4 members (excludes halogenated alkanes) is 3. The molecular formula is C21H39N3O3. The average molecular weight is 382 g/mol. The molecule has 2 aliphatic rings. The first-order chi connectivity index (χ1) is 12.6. The molecule has 6 heteroatoms. The van der Waals surface area contributed by atoms with E-state index >= 15 is 0 Å². The fourth-order valence-corrected chi connectivity index (χ4v) is 4.31. The number of rotatable bonds is 8. The zero-order valence-electron chi connectivity index (χ0n) is 18.1. The molecule has 1 aliphatic carbocycles. The van der Waals surface area contributed by atoms with Crippen molar-refractivity contribution < 1.29 is 14.3 Å². The quantitative estimate of drug-likeness (QED) is 0.292. The maximum atomic E-state index is 11.7. The summed E-state index contributed by atoms with van der Waals surface area (Å²) in [5.41, 5.74) is -0.232. The SMILES string of the molecule is CN=C(NCCCCCCC(=O)OC(C)(C)C)NC1C2CCOC2C1(C)C. The van der Waals surface area contributed by atoms with E-state index in [9.17, 15) is 4.79 Å². The molecule has 1 aliphatic heterocycles. The van der Waals surface area contributed by atoms with Gasteiger partial charge in [-0.2, -0.15) is 0 Å². The highest BCUT2D eigenvalue weighted by Crippen LogP contribution is 2.52. The van der Waals surface area contributed by atoms with E-state index in [1.165, 1.54) is 0 Å². The molecule has 0 bridgehead atoms. The normalized spacial score (nSPS) is 26.9. The number of aliphatic imine (C=N–C) groups is 1. The summed E-state index contributed by atoms with van der Waals surface area (Å²) in [7, 11) is 1.82. The molecule has 27 heavy (non-hydrogen) atoms. The van der Waals surface area contributed by atoms with Crippen molar-refractivity contribution in [2.75, 3.05) is 20.2 Å². The van der Waals surface area contributed by atoms with Crippen molar-refractivity contribution in [3.05, 3.63) is 0 Å². The van der Waals surface area contributed by atoms with Crippen LogP contribution in [0.4, 0.5) is 0 Å². The molecule has 2 fully saturated rings. The van der Waals surface area contributed by atoms with Crippen molar-refractivity contribution >= 4 is 11.9 Å². The summed E-state index contributed by atoms with van der Waals surface area (Å²) in [6.45, 7) is 12.0. The topological polar surface area (TPSA) is 72.0 Å². The molecule has 0 aromatic carbocycles. The first-order valence-electron chi connectivity index (χ1n) is 10.5. The van der Waals surface area contributed by atoms with Crippen molar-refractivity contribution in [2.45, 2.75) is 90.9 Å². The number of esters is 1.